The van der Waals surface area contributed by atoms with Crippen molar-refractivity contribution in [3.8, 4) is 11.5 Å². The monoisotopic (exact) mass is 263 g/mol. The lowest BCUT2D eigenvalue weighted by Gasteiger charge is -2.26. The van der Waals surface area contributed by atoms with Gasteiger partial charge in [-0.3, -0.25) is 0 Å². The molecular weight excluding hydrogens is 238 g/mol. The van der Waals surface area contributed by atoms with Crippen molar-refractivity contribution < 1.29 is 9.47 Å². The van der Waals surface area contributed by atoms with Crippen LogP contribution in [0.15, 0.2) is 18.2 Å². The Kier molecular flexibility index (Phi) is 5.08. The lowest BCUT2D eigenvalue weighted by atomic mass is 9.97. The normalized spacial score (nSPS) is 23.7. The van der Waals surface area contributed by atoms with Crippen LogP contribution in [0.5, 0.6) is 11.5 Å². The largest absolute Gasteiger partial charge is 0.493 e. The van der Waals surface area contributed by atoms with Gasteiger partial charge in [-0.1, -0.05) is 18.9 Å². The highest BCUT2D eigenvalue weighted by atomic mass is 16.5. The Labute approximate surface area is 116 Å². The van der Waals surface area contributed by atoms with E-state index in [1.54, 1.807) is 7.11 Å². The summed E-state index contributed by atoms with van der Waals surface area (Å²) in [4.78, 5) is 0. The predicted molar refractivity (Wildman–Crippen MR) is 77.8 cm³/mol. The number of nitrogens with two attached hydrogens (primary N) is 1. The minimum absolute atomic E-state index is 0.226. The van der Waals surface area contributed by atoms with Gasteiger partial charge in [0.1, 0.15) is 6.10 Å². The van der Waals surface area contributed by atoms with E-state index in [4.69, 9.17) is 15.2 Å². The Balaban J connectivity index is 2.13. The molecule has 1 aromatic rings. The fraction of sp³-hybridized carbons (Fsp3) is 0.625. The van der Waals surface area contributed by atoms with Gasteiger partial charge >= 0.3 is 0 Å². The van der Waals surface area contributed by atoms with Crippen LogP contribution in [0.4, 0.5) is 0 Å². The van der Waals surface area contributed by atoms with E-state index in [0.717, 1.165) is 17.9 Å². The third-order valence-electron chi connectivity index (χ3n) is 3.99. The molecule has 0 radical (unpaired) electrons. The van der Waals surface area contributed by atoms with E-state index in [9.17, 15) is 0 Å². The van der Waals surface area contributed by atoms with Crippen LogP contribution in [0.25, 0.3) is 0 Å². The van der Waals surface area contributed by atoms with E-state index in [2.05, 4.69) is 13.0 Å². The number of methoxy groups -OCH3 is 1. The average Bonchev–Trinajstić information content (AvgIpc) is 2.65. The third-order valence-corrected chi connectivity index (χ3v) is 3.99. The molecule has 0 spiro atoms. The molecular formula is C16H25NO2. The Morgan fingerprint density at radius 3 is 2.68 bits per heavy atom. The van der Waals surface area contributed by atoms with Gasteiger partial charge in [-0.05, 0) is 50.4 Å². The maximum absolute atomic E-state index is 6.21. The summed E-state index contributed by atoms with van der Waals surface area (Å²) in [6.45, 7) is 2.76. The first kappa shape index (κ1) is 14.2. The maximum Gasteiger partial charge on any atom is 0.161 e. The molecule has 1 saturated carbocycles. The molecule has 0 saturated heterocycles. The van der Waals surface area contributed by atoms with Crippen molar-refractivity contribution in [1.29, 1.82) is 0 Å². The number of hydrogen-bond donors (Lipinski definition) is 1. The summed E-state index contributed by atoms with van der Waals surface area (Å²) < 4.78 is 11.6. The molecule has 3 nitrogen and oxygen atoms in total. The Bertz CT molecular complexity index is 406. The van der Waals surface area contributed by atoms with Crippen LogP contribution in [-0.2, 0) is 0 Å². The van der Waals surface area contributed by atoms with Gasteiger partial charge in [0.25, 0.3) is 0 Å². The highest BCUT2D eigenvalue weighted by molar-refractivity contribution is 5.42. The summed E-state index contributed by atoms with van der Waals surface area (Å²) in [5.41, 5.74) is 7.08. The molecule has 106 valence electrons. The molecule has 1 fully saturated rings. The summed E-state index contributed by atoms with van der Waals surface area (Å²) in [5, 5.41) is 0. The highest BCUT2D eigenvalue weighted by Gasteiger charge is 2.25. The van der Waals surface area contributed by atoms with E-state index < -0.39 is 0 Å². The minimum atomic E-state index is 0.226. The third kappa shape index (κ3) is 3.63. The second kappa shape index (κ2) is 6.80. The molecule has 1 aliphatic carbocycles. The molecule has 2 atom stereocenters. The Morgan fingerprint density at radius 1 is 1.16 bits per heavy atom. The smallest absolute Gasteiger partial charge is 0.161 e. The Hall–Kier alpha value is -1.22. The van der Waals surface area contributed by atoms with Gasteiger partial charge in [-0.2, -0.15) is 0 Å². The van der Waals surface area contributed by atoms with E-state index in [0.29, 0.717) is 12.5 Å². The molecule has 3 heteroatoms. The standard InChI is InChI=1S/C16H25NO2/c1-12-8-9-15(16(10-12)18-2)19-14-7-5-3-4-6-13(14)11-17/h8-10,13-14H,3-7,11,17H2,1-2H3. The zero-order valence-electron chi connectivity index (χ0n) is 12.0. The van der Waals surface area contributed by atoms with Crippen molar-refractivity contribution in [2.75, 3.05) is 13.7 Å². The summed E-state index contributed by atoms with van der Waals surface area (Å²) in [6, 6.07) is 6.09. The molecule has 19 heavy (non-hydrogen) atoms. The van der Waals surface area contributed by atoms with E-state index >= 15 is 0 Å². The van der Waals surface area contributed by atoms with Crippen molar-refractivity contribution in [3.05, 3.63) is 23.8 Å². The summed E-state index contributed by atoms with van der Waals surface area (Å²) in [5.74, 6) is 2.13. The van der Waals surface area contributed by atoms with Gasteiger partial charge in [-0.15, -0.1) is 0 Å². The number of aryl methyl sites for hydroxylation is 1. The zero-order chi connectivity index (χ0) is 13.7. The zero-order valence-corrected chi connectivity index (χ0v) is 12.0. The molecule has 2 unspecified atom stereocenters. The van der Waals surface area contributed by atoms with Gasteiger partial charge in [0.2, 0.25) is 0 Å². The van der Waals surface area contributed by atoms with E-state index in [1.165, 1.54) is 31.2 Å². The molecule has 2 N–H and O–H groups in total. The first-order chi connectivity index (χ1) is 9.24. The van der Waals surface area contributed by atoms with Crippen LogP contribution >= 0.6 is 0 Å². The van der Waals surface area contributed by atoms with Crippen LogP contribution in [-0.4, -0.2) is 19.8 Å². The second-order valence-electron chi connectivity index (χ2n) is 5.44. The lowest BCUT2D eigenvalue weighted by Crippen LogP contribution is -2.31. The van der Waals surface area contributed by atoms with Gasteiger partial charge in [-0.25, -0.2) is 0 Å². The molecule has 0 heterocycles. The number of benzene rings is 1. The molecule has 1 aliphatic rings. The van der Waals surface area contributed by atoms with Crippen molar-refractivity contribution in [3.63, 3.8) is 0 Å². The number of rotatable bonds is 4. The van der Waals surface area contributed by atoms with E-state index in [-0.39, 0.29) is 6.10 Å². The first-order valence-electron chi connectivity index (χ1n) is 7.26. The molecule has 1 aromatic carbocycles. The highest BCUT2D eigenvalue weighted by Crippen LogP contribution is 2.33. The topological polar surface area (TPSA) is 44.5 Å². The average molecular weight is 263 g/mol. The molecule has 0 amide bonds. The summed E-state index contributed by atoms with van der Waals surface area (Å²) in [6.07, 6.45) is 6.29. The molecule has 0 aromatic heterocycles. The second-order valence-corrected chi connectivity index (χ2v) is 5.44. The molecule has 0 bridgehead atoms. The van der Waals surface area contributed by atoms with Crippen molar-refractivity contribution >= 4 is 0 Å². The van der Waals surface area contributed by atoms with Crippen LogP contribution < -0.4 is 15.2 Å². The summed E-state index contributed by atoms with van der Waals surface area (Å²) >= 11 is 0. The van der Waals surface area contributed by atoms with Crippen LogP contribution in [0.3, 0.4) is 0 Å². The molecule has 0 aliphatic heterocycles. The maximum atomic E-state index is 6.21. The predicted octanol–water partition coefficient (Wildman–Crippen LogP) is 3.29. The fourth-order valence-electron chi connectivity index (χ4n) is 2.81. The van der Waals surface area contributed by atoms with E-state index in [1.807, 2.05) is 12.1 Å². The van der Waals surface area contributed by atoms with Crippen molar-refractivity contribution in [2.45, 2.75) is 45.1 Å². The summed E-state index contributed by atoms with van der Waals surface area (Å²) in [7, 11) is 1.69. The van der Waals surface area contributed by atoms with Gasteiger partial charge < -0.3 is 15.2 Å². The molecule has 2 rings (SSSR count). The fourth-order valence-corrected chi connectivity index (χ4v) is 2.81. The minimum Gasteiger partial charge on any atom is -0.493 e. The van der Waals surface area contributed by atoms with Crippen molar-refractivity contribution in [1.82, 2.24) is 0 Å². The first-order valence-corrected chi connectivity index (χ1v) is 7.26. The van der Waals surface area contributed by atoms with Crippen LogP contribution in [0.1, 0.15) is 37.7 Å². The van der Waals surface area contributed by atoms with Gasteiger partial charge in [0.05, 0.1) is 7.11 Å². The van der Waals surface area contributed by atoms with Crippen molar-refractivity contribution in [2.24, 2.45) is 11.7 Å². The Morgan fingerprint density at radius 2 is 1.95 bits per heavy atom. The lowest BCUT2D eigenvalue weighted by molar-refractivity contribution is 0.125. The van der Waals surface area contributed by atoms with Gasteiger partial charge in [0, 0.05) is 5.92 Å². The number of ether oxygens (including phenoxy) is 2. The quantitative estimate of drug-likeness (QED) is 0.848. The van der Waals surface area contributed by atoms with Gasteiger partial charge in [0.15, 0.2) is 11.5 Å². The van der Waals surface area contributed by atoms with Crippen LogP contribution in [0, 0.1) is 12.8 Å². The van der Waals surface area contributed by atoms with Crippen LogP contribution in [0.2, 0.25) is 0 Å². The number of hydrogen-bond acceptors (Lipinski definition) is 3. The SMILES string of the molecule is COc1cc(C)ccc1OC1CCCCCC1CN.